The summed E-state index contributed by atoms with van der Waals surface area (Å²) in [5.74, 6) is -0.382. The number of ketones is 1. The minimum Gasteiger partial charge on any atom is -0.460 e. The highest BCUT2D eigenvalue weighted by Crippen LogP contribution is 2.68. The zero-order chi connectivity index (χ0) is 28.2. The lowest BCUT2D eigenvalue weighted by Crippen LogP contribution is -2.63. The maximum Gasteiger partial charge on any atom is 0.328 e. The number of esters is 1. The van der Waals surface area contributed by atoms with Gasteiger partial charge >= 0.3 is 5.97 Å². The maximum absolute atomic E-state index is 13.5. The van der Waals surface area contributed by atoms with Crippen LogP contribution >= 0.6 is 0 Å². The van der Waals surface area contributed by atoms with E-state index in [2.05, 4.69) is 37.7 Å². The summed E-state index contributed by atoms with van der Waals surface area (Å²) >= 11 is 0. The van der Waals surface area contributed by atoms with Gasteiger partial charge in [-0.15, -0.1) is 11.7 Å². The van der Waals surface area contributed by atoms with Gasteiger partial charge in [0.25, 0.3) is 0 Å². The molecular weight excluding hydrogens is 494 g/mol. The van der Waals surface area contributed by atoms with Crippen molar-refractivity contribution in [3.63, 3.8) is 0 Å². The van der Waals surface area contributed by atoms with E-state index in [0.717, 1.165) is 30.4 Å². The molecule has 1 aromatic heterocycles. The number of aliphatic hydroxyl groups is 2. The average Bonchev–Trinajstić information content (AvgIpc) is 3.54. The van der Waals surface area contributed by atoms with Crippen LogP contribution in [-0.4, -0.2) is 49.2 Å². The summed E-state index contributed by atoms with van der Waals surface area (Å²) in [4.78, 5) is 27.0. The first kappa shape index (κ1) is 27.7. The van der Waals surface area contributed by atoms with Crippen LogP contribution < -0.4 is 0 Å². The minimum absolute atomic E-state index is 0.0710. The Bertz CT molecular complexity index is 1270. The lowest BCUT2D eigenvalue weighted by molar-refractivity contribution is -0.207. The number of aromatic nitrogens is 3. The molecule has 2 N–H and O–H groups in total. The predicted molar refractivity (Wildman–Crippen MR) is 146 cm³/mol. The van der Waals surface area contributed by atoms with Gasteiger partial charge in [-0.05, 0) is 54.6 Å². The molecule has 0 amide bonds. The van der Waals surface area contributed by atoms with Crippen LogP contribution in [0.3, 0.4) is 0 Å². The van der Waals surface area contributed by atoms with Gasteiger partial charge in [-0.1, -0.05) is 57.2 Å². The van der Waals surface area contributed by atoms with Gasteiger partial charge in [0.1, 0.15) is 24.1 Å². The molecule has 0 unspecified atom stereocenters. The second-order valence-electron chi connectivity index (χ2n) is 12.7. The van der Waals surface area contributed by atoms with E-state index in [1.807, 2.05) is 31.2 Å². The van der Waals surface area contributed by atoms with Crippen molar-refractivity contribution in [2.24, 2.45) is 34.0 Å². The summed E-state index contributed by atoms with van der Waals surface area (Å²) in [7, 11) is 0. The monoisotopic (exact) mass is 535 g/mol. The number of hydrogen-bond acceptors (Lipinski definition) is 7. The van der Waals surface area contributed by atoms with Gasteiger partial charge in [-0.2, -0.15) is 0 Å². The number of nitrogens with zero attached hydrogens (tertiary/aromatic N) is 3. The summed E-state index contributed by atoms with van der Waals surface area (Å²) in [5, 5.41) is 29.4. The number of carbonyl (C=O) groups excluding carboxylic acids is 2. The van der Waals surface area contributed by atoms with E-state index in [0.29, 0.717) is 18.5 Å². The Labute approximate surface area is 230 Å². The second-order valence-corrected chi connectivity index (χ2v) is 12.7. The van der Waals surface area contributed by atoms with Crippen molar-refractivity contribution in [3.8, 4) is 11.3 Å². The number of benzene rings is 1. The van der Waals surface area contributed by atoms with Crippen molar-refractivity contribution in [2.45, 2.75) is 85.2 Å². The Kier molecular flexibility index (Phi) is 7.08. The third-order valence-corrected chi connectivity index (χ3v) is 10.8. The number of ether oxygens (including phenoxy) is 1. The highest BCUT2D eigenvalue weighted by atomic mass is 16.5. The summed E-state index contributed by atoms with van der Waals surface area (Å²) in [6.07, 6.45) is 5.71. The minimum atomic E-state index is -0.699. The molecule has 1 heterocycles. The van der Waals surface area contributed by atoms with Crippen molar-refractivity contribution >= 4 is 11.8 Å². The number of aliphatic hydroxyl groups excluding tert-OH is 2. The van der Waals surface area contributed by atoms with Gasteiger partial charge in [-0.3, -0.25) is 9.59 Å². The van der Waals surface area contributed by atoms with Gasteiger partial charge in [0.05, 0.1) is 18.9 Å². The summed E-state index contributed by atoms with van der Waals surface area (Å²) in [5.41, 5.74) is 0.611. The standard InChI is InChI=1S/C31H41N3O5/c1-6-29(4)15-25(30(5)19(2)10-12-31(20(3)28(29)38)13-11-24(36)27(30)31)39-26(37)17-34-16-23(32-33-34)22-9-7-8-21(14-22)18-35/h6-9,14,16,19-20,25,27-28,35,38H,1,10-13,15,17-18H2,2-5H3/t19-,20+,25-,27+,28+,29-,30+,31+/m1/s1. The molecule has 8 atom stereocenters. The summed E-state index contributed by atoms with van der Waals surface area (Å²) < 4.78 is 7.76. The van der Waals surface area contributed by atoms with Gasteiger partial charge in [0.15, 0.2) is 0 Å². The van der Waals surface area contributed by atoms with Crippen LogP contribution in [0.15, 0.2) is 43.1 Å². The molecule has 0 saturated heterocycles. The Hall–Kier alpha value is -2.84. The Morgan fingerprint density at radius 1 is 1.28 bits per heavy atom. The van der Waals surface area contributed by atoms with Gasteiger partial charge in [0.2, 0.25) is 0 Å². The van der Waals surface area contributed by atoms with Crippen LogP contribution in [0.1, 0.15) is 65.4 Å². The largest absolute Gasteiger partial charge is 0.460 e. The first-order chi connectivity index (χ1) is 18.5. The highest BCUT2D eigenvalue weighted by molar-refractivity contribution is 5.85. The molecule has 1 aromatic carbocycles. The molecule has 2 aromatic rings. The molecule has 3 saturated carbocycles. The normalized spacial score (nSPS) is 38.0. The maximum atomic E-state index is 13.5. The highest BCUT2D eigenvalue weighted by Gasteiger charge is 2.68. The number of hydrogen-bond donors (Lipinski definition) is 2. The Morgan fingerprint density at radius 3 is 2.77 bits per heavy atom. The number of rotatable bonds is 6. The zero-order valence-corrected chi connectivity index (χ0v) is 23.5. The first-order valence-electron chi connectivity index (χ1n) is 14.1. The number of carbonyl (C=O) groups is 2. The predicted octanol–water partition coefficient (Wildman–Crippen LogP) is 4.34. The van der Waals surface area contributed by atoms with Crippen LogP contribution in [0.25, 0.3) is 11.3 Å². The van der Waals surface area contributed by atoms with Crippen molar-refractivity contribution in [2.75, 3.05) is 0 Å². The van der Waals surface area contributed by atoms with E-state index < -0.39 is 29.0 Å². The van der Waals surface area contributed by atoms with E-state index in [1.165, 1.54) is 4.68 Å². The van der Waals surface area contributed by atoms with E-state index in [1.54, 1.807) is 12.3 Å². The van der Waals surface area contributed by atoms with Crippen molar-refractivity contribution in [1.29, 1.82) is 0 Å². The SMILES string of the molecule is C=C[C@]1(C)C[C@@H](OC(=O)Cn2cc(-c3cccc(CO)c3)nn2)[C@]2(C)[C@H](C)CC[C@]3(CCC(=O)[C@H]32)[C@@H](C)[C@@H]1O. The van der Waals surface area contributed by atoms with Crippen LogP contribution in [0.5, 0.6) is 0 Å². The Balaban J connectivity index is 1.45. The van der Waals surface area contributed by atoms with Crippen LogP contribution in [0, 0.1) is 34.0 Å². The van der Waals surface area contributed by atoms with E-state index in [-0.39, 0.29) is 42.1 Å². The molecule has 0 spiro atoms. The van der Waals surface area contributed by atoms with Crippen LogP contribution in [-0.2, 0) is 27.5 Å². The lowest BCUT2D eigenvalue weighted by Gasteiger charge is -2.61. The fraction of sp³-hybridized carbons (Fsp3) is 0.613. The molecule has 0 radical (unpaired) electrons. The third kappa shape index (κ3) is 4.36. The van der Waals surface area contributed by atoms with Crippen LogP contribution in [0.4, 0.5) is 0 Å². The third-order valence-electron chi connectivity index (χ3n) is 10.8. The first-order valence-corrected chi connectivity index (χ1v) is 14.1. The summed E-state index contributed by atoms with van der Waals surface area (Å²) in [6.45, 7) is 12.3. The smallest absolute Gasteiger partial charge is 0.328 e. The van der Waals surface area contributed by atoms with Gasteiger partial charge < -0.3 is 14.9 Å². The van der Waals surface area contributed by atoms with Crippen molar-refractivity contribution < 1.29 is 24.5 Å². The molecule has 8 heteroatoms. The van der Waals surface area contributed by atoms with E-state index in [9.17, 15) is 19.8 Å². The van der Waals surface area contributed by atoms with Crippen LogP contribution in [0.2, 0.25) is 0 Å². The average molecular weight is 536 g/mol. The topological polar surface area (TPSA) is 115 Å². The fourth-order valence-electron chi connectivity index (χ4n) is 8.17. The molecule has 5 rings (SSSR count). The fourth-order valence-corrected chi connectivity index (χ4v) is 8.17. The Morgan fingerprint density at radius 2 is 2.05 bits per heavy atom. The molecule has 3 aliphatic rings. The zero-order valence-electron chi connectivity index (χ0n) is 23.5. The molecule has 3 aliphatic carbocycles. The molecule has 8 nitrogen and oxygen atoms in total. The number of Topliss-reactive ketones (excluding diaryl/α,β-unsaturated/α-hetero) is 1. The van der Waals surface area contributed by atoms with Gasteiger partial charge in [0, 0.05) is 28.7 Å². The molecule has 0 aliphatic heterocycles. The molecule has 39 heavy (non-hydrogen) atoms. The molecule has 210 valence electrons. The quantitative estimate of drug-likeness (QED) is 0.418. The van der Waals surface area contributed by atoms with Crippen molar-refractivity contribution in [1.82, 2.24) is 15.0 Å². The van der Waals surface area contributed by atoms with Crippen molar-refractivity contribution in [3.05, 3.63) is 48.7 Å². The van der Waals surface area contributed by atoms with E-state index in [4.69, 9.17) is 4.74 Å². The molecular formula is C31H41N3O5. The molecule has 3 fully saturated rings. The second kappa shape index (κ2) is 9.97. The summed E-state index contributed by atoms with van der Waals surface area (Å²) in [6, 6.07) is 7.37. The molecule has 2 bridgehead atoms. The lowest BCUT2D eigenvalue weighted by atomic mass is 9.44. The van der Waals surface area contributed by atoms with Gasteiger partial charge in [-0.25, -0.2) is 4.68 Å². The van der Waals surface area contributed by atoms with E-state index >= 15 is 0 Å².